The molecule has 0 spiro atoms. The zero-order valence-corrected chi connectivity index (χ0v) is 24.2. The van der Waals surface area contributed by atoms with E-state index in [1.165, 1.54) is 6.08 Å². The number of thiol groups is 1. The van der Waals surface area contributed by atoms with Gasteiger partial charge in [0.15, 0.2) is 20.3 Å². The molecule has 1 aliphatic heterocycles. The van der Waals surface area contributed by atoms with E-state index < -0.39 is 25.7 Å². The number of carbonyl (C=O) groups excluding carboxylic acids is 1. The molecule has 1 aliphatic carbocycles. The summed E-state index contributed by atoms with van der Waals surface area (Å²) in [5, 5.41) is 2.73. The van der Waals surface area contributed by atoms with Gasteiger partial charge in [-0.25, -0.2) is 13.2 Å². The molecule has 0 fully saturated rings. The Kier molecular flexibility index (Phi) is 8.52. The minimum Gasteiger partial charge on any atom is -0.494 e. The fourth-order valence-corrected chi connectivity index (χ4v) is 6.85. The van der Waals surface area contributed by atoms with Gasteiger partial charge in [-0.05, 0) is 50.1 Å². The lowest BCUT2D eigenvalue weighted by Crippen LogP contribution is -2.35. The lowest BCUT2D eigenvalue weighted by molar-refractivity contribution is -0.268. The van der Waals surface area contributed by atoms with Gasteiger partial charge in [-0.2, -0.15) is 0 Å². The van der Waals surface area contributed by atoms with Crippen LogP contribution in [0.3, 0.4) is 0 Å². The highest BCUT2D eigenvalue weighted by Gasteiger charge is 2.46. The van der Waals surface area contributed by atoms with Crippen molar-refractivity contribution in [2.45, 2.75) is 48.7 Å². The number of alkyl halides is 1. The Bertz CT molecular complexity index is 1420. The SMILES string of the molecule is CC1(C)OC(=O)Nc2ccc(OCCCC=[N+](S)C3=CCC(Cl)(S(=O)(=O)Cc4ccccc4)C(Cl)=C3)cc21. The van der Waals surface area contributed by atoms with E-state index >= 15 is 0 Å². The average Bonchev–Trinajstić information content (AvgIpc) is 2.85. The number of hydrogen-bond donors (Lipinski definition) is 2. The molecule has 0 aromatic heterocycles. The third kappa shape index (κ3) is 6.22. The molecule has 2 aromatic carbocycles. The van der Waals surface area contributed by atoms with E-state index in [4.69, 9.17) is 32.7 Å². The summed E-state index contributed by atoms with van der Waals surface area (Å²) in [4.78, 5) is 11.7. The van der Waals surface area contributed by atoms with Crippen LogP contribution in [0.4, 0.5) is 10.5 Å². The van der Waals surface area contributed by atoms with Crippen LogP contribution >= 0.6 is 36.0 Å². The van der Waals surface area contributed by atoms with Crippen molar-refractivity contribution in [3.8, 4) is 5.75 Å². The Hall–Kier alpha value is -2.46. The monoisotopic (exact) mass is 595 g/mol. The first kappa shape index (κ1) is 28.5. The number of amides is 1. The summed E-state index contributed by atoms with van der Waals surface area (Å²) in [5.74, 6) is 0.476. The van der Waals surface area contributed by atoms with E-state index in [1.807, 2.05) is 32.2 Å². The highest BCUT2D eigenvalue weighted by molar-refractivity contribution is 7.93. The molecule has 11 heteroatoms. The fourth-order valence-electron chi connectivity index (χ4n) is 4.21. The number of sulfone groups is 1. The molecule has 7 nitrogen and oxygen atoms in total. The number of hydrogen-bond acceptors (Lipinski definition) is 6. The second-order valence-electron chi connectivity index (χ2n) is 9.55. The van der Waals surface area contributed by atoms with E-state index in [-0.39, 0.29) is 17.2 Å². The highest BCUT2D eigenvalue weighted by atomic mass is 35.5. The maximum atomic E-state index is 13.1. The van der Waals surface area contributed by atoms with E-state index in [9.17, 15) is 13.2 Å². The molecule has 1 unspecified atom stereocenters. The average molecular weight is 597 g/mol. The van der Waals surface area contributed by atoms with Gasteiger partial charge in [0.05, 0.1) is 23.1 Å². The minimum atomic E-state index is -3.78. The number of halogens is 2. The standard InChI is InChI=1S/C27H28Cl2N2O5S2/c1-26(2)22-17-21(10-11-23(22)30-25(32)36-26)35-15-7-6-14-31(37)20-12-13-27(29,24(28)16-20)38(33,34)18-19-8-4-3-5-9-19/h3-5,8-12,14,16-17H,6-7,13,15,18H2,1-2H3,(H-,30,32,37)/p+1. The molecule has 38 heavy (non-hydrogen) atoms. The maximum Gasteiger partial charge on any atom is 0.412 e. The van der Waals surface area contributed by atoms with Crippen molar-refractivity contribution in [2.24, 2.45) is 0 Å². The van der Waals surface area contributed by atoms with Crippen LogP contribution in [0.15, 0.2) is 71.4 Å². The maximum absolute atomic E-state index is 13.1. The molecule has 2 aliphatic rings. The summed E-state index contributed by atoms with van der Waals surface area (Å²) in [6.45, 7) is 4.12. The summed E-state index contributed by atoms with van der Waals surface area (Å²) in [6, 6.07) is 14.4. The predicted molar refractivity (Wildman–Crippen MR) is 154 cm³/mol. The van der Waals surface area contributed by atoms with E-state index in [0.717, 1.165) is 5.56 Å². The van der Waals surface area contributed by atoms with Crippen LogP contribution in [-0.2, 0) is 25.9 Å². The van der Waals surface area contributed by atoms with Gasteiger partial charge < -0.3 is 9.47 Å². The van der Waals surface area contributed by atoms with Gasteiger partial charge in [0.1, 0.15) is 24.2 Å². The van der Waals surface area contributed by atoms with E-state index in [2.05, 4.69) is 18.1 Å². The molecule has 0 radical (unpaired) electrons. The van der Waals surface area contributed by atoms with E-state index in [1.54, 1.807) is 46.5 Å². The summed E-state index contributed by atoms with van der Waals surface area (Å²) in [7, 11) is -3.78. The number of unbranched alkanes of at least 4 members (excludes halogenated alkanes) is 1. The molecule has 0 saturated carbocycles. The van der Waals surface area contributed by atoms with Crippen LogP contribution in [0.25, 0.3) is 0 Å². The first-order valence-corrected chi connectivity index (χ1v) is 14.8. The number of benzene rings is 2. The topological polar surface area (TPSA) is 84.7 Å². The number of allylic oxidation sites excluding steroid dienone is 2. The smallest absolute Gasteiger partial charge is 0.412 e. The van der Waals surface area contributed by atoms with Gasteiger partial charge in [0.25, 0.3) is 0 Å². The Morgan fingerprint density at radius 2 is 1.95 bits per heavy atom. The number of rotatable bonds is 9. The molecule has 1 amide bonds. The van der Waals surface area contributed by atoms with Crippen LogP contribution in [0, 0.1) is 0 Å². The summed E-state index contributed by atoms with van der Waals surface area (Å²) in [6.07, 6.45) is 6.03. The number of fused-ring (bicyclic) bond motifs is 1. The Morgan fingerprint density at radius 3 is 2.66 bits per heavy atom. The Labute approximate surface area is 238 Å². The van der Waals surface area contributed by atoms with Gasteiger partial charge in [0, 0.05) is 24.5 Å². The number of ether oxygens (including phenoxy) is 2. The van der Waals surface area contributed by atoms with Crippen molar-refractivity contribution in [3.05, 3.63) is 82.5 Å². The normalized spacial score (nSPS) is 21.0. The lowest BCUT2D eigenvalue weighted by Gasteiger charge is -2.32. The van der Waals surface area contributed by atoms with Gasteiger partial charge in [-0.15, -0.1) is 3.98 Å². The molecular weight excluding hydrogens is 567 g/mol. The molecule has 1 N–H and O–H groups in total. The van der Waals surface area contributed by atoms with Gasteiger partial charge in [-0.3, -0.25) is 5.32 Å². The molecule has 1 atom stereocenters. The number of carbonyl (C=O) groups is 1. The summed E-state index contributed by atoms with van der Waals surface area (Å²) < 4.78 is 37.3. The zero-order valence-electron chi connectivity index (χ0n) is 21.0. The number of cyclic esters (lactones) is 1. The highest BCUT2D eigenvalue weighted by Crippen LogP contribution is 2.43. The van der Waals surface area contributed by atoms with Gasteiger partial charge >= 0.3 is 6.09 Å². The Balaban J connectivity index is 1.32. The first-order chi connectivity index (χ1) is 17.9. The third-order valence-electron chi connectivity index (χ3n) is 6.31. The molecule has 1 heterocycles. The van der Waals surface area contributed by atoms with Gasteiger partial charge in [0.2, 0.25) is 5.70 Å². The second-order valence-corrected chi connectivity index (χ2v) is 13.5. The van der Waals surface area contributed by atoms with Crippen molar-refractivity contribution in [2.75, 3.05) is 11.9 Å². The van der Waals surface area contributed by atoms with Crippen LogP contribution in [0.5, 0.6) is 5.75 Å². The molecule has 202 valence electrons. The van der Waals surface area contributed by atoms with Crippen molar-refractivity contribution < 1.29 is 26.7 Å². The lowest BCUT2D eigenvalue weighted by atomic mass is 9.94. The molecular formula is C27H29Cl2N2O5S2+. The summed E-state index contributed by atoms with van der Waals surface area (Å²) >= 11 is 17.5. The summed E-state index contributed by atoms with van der Waals surface area (Å²) in [5.41, 5.74) is 2.10. The zero-order chi connectivity index (χ0) is 27.6. The van der Waals surface area contributed by atoms with Crippen LogP contribution in [0.2, 0.25) is 0 Å². The quantitative estimate of drug-likeness (QED) is 0.113. The largest absolute Gasteiger partial charge is 0.494 e. The van der Waals surface area contributed by atoms with Crippen molar-refractivity contribution in [1.82, 2.24) is 0 Å². The third-order valence-corrected chi connectivity index (χ3v) is 10.5. The van der Waals surface area contributed by atoms with Crippen molar-refractivity contribution >= 4 is 63.8 Å². The predicted octanol–water partition coefficient (Wildman–Crippen LogP) is 6.53. The van der Waals surface area contributed by atoms with Crippen molar-refractivity contribution in [1.29, 1.82) is 0 Å². The minimum absolute atomic E-state index is 0.0290. The molecule has 2 aromatic rings. The molecule has 0 bridgehead atoms. The van der Waals surface area contributed by atoms with Crippen molar-refractivity contribution in [3.63, 3.8) is 0 Å². The van der Waals surface area contributed by atoms with Crippen LogP contribution < -0.4 is 10.1 Å². The number of anilines is 1. The fraction of sp³-hybridized carbons (Fsp3) is 0.333. The number of nitrogens with one attached hydrogen (secondary N) is 1. The van der Waals surface area contributed by atoms with E-state index in [0.29, 0.717) is 42.1 Å². The molecule has 0 saturated heterocycles. The van der Waals surface area contributed by atoms with Crippen LogP contribution in [0.1, 0.15) is 44.2 Å². The van der Waals surface area contributed by atoms with Gasteiger partial charge in [-0.1, -0.05) is 53.5 Å². The molecule has 4 rings (SSSR count). The Morgan fingerprint density at radius 1 is 1.21 bits per heavy atom. The second kappa shape index (κ2) is 11.3. The van der Waals surface area contributed by atoms with Crippen LogP contribution in [-0.4, -0.2) is 35.5 Å². The number of nitrogens with zero attached hydrogens (tertiary/aromatic N) is 1. The first-order valence-electron chi connectivity index (χ1n) is 12.0.